The third-order valence-electron chi connectivity index (χ3n) is 1.59. The number of hydrogen-bond donors (Lipinski definition) is 1. The van der Waals surface area contributed by atoms with Crippen LogP contribution in [0.4, 0.5) is 10.1 Å². The van der Waals surface area contributed by atoms with Crippen molar-refractivity contribution in [1.29, 1.82) is 5.26 Å². The number of nitrogens with one attached hydrogen (secondary N) is 1. The SMILES string of the molecule is CCOc1ccc(NC(=O)C#N)cc1F. The Balaban J connectivity index is 2.83. The summed E-state index contributed by atoms with van der Waals surface area (Å²) in [5.41, 5.74) is 0.225. The second kappa shape index (κ2) is 4.96. The molecule has 0 aliphatic heterocycles. The second-order valence-electron chi connectivity index (χ2n) is 2.64. The fourth-order valence-corrected chi connectivity index (χ4v) is 1.01. The van der Waals surface area contributed by atoms with Gasteiger partial charge in [-0.2, -0.15) is 5.26 Å². The summed E-state index contributed by atoms with van der Waals surface area (Å²) in [6, 6.07) is 5.32. The highest BCUT2D eigenvalue weighted by molar-refractivity contribution is 6.02. The quantitative estimate of drug-likeness (QED) is 0.769. The third-order valence-corrected chi connectivity index (χ3v) is 1.59. The van der Waals surface area contributed by atoms with Crippen LogP contribution >= 0.6 is 0 Å². The zero-order chi connectivity index (χ0) is 11.3. The maximum atomic E-state index is 13.2. The largest absolute Gasteiger partial charge is 0.491 e. The Morgan fingerprint density at radius 3 is 2.93 bits per heavy atom. The minimum absolute atomic E-state index is 0.118. The predicted octanol–water partition coefficient (Wildman–Crippen LogP) is 1.69. The van der Waals surface area contributed by atoms with E-state index in [1.807, 2.05) is 0 Å². The van der Waals surface area contributed by atoms with Crippen LogP contribution in [0.25, 0.3) is 0 Å². The van der Waals surface area contributed by atoms with E-state index in [9.17, 15) is 9.18 Å². The summed E-state index contributed by atoms with van der Waals surface area (Å²) in [4.78, 5) is 10.7. The fraction of sp³-hybridized carbons (Fsp3) is 0.200. The van der Waals surface area contributed by atoms with Gasteiger partial charge in [0.25, 0.3) is 0 Å². The van der Waals surface area contributed by atoms with Crippen molar-refractivity contribution in [2.24, 2.45) is 0 Å². The van der Waals surface area contributed by atoms with Gasteiger partial charge in [0.05, 0.1) is 6.61 Å². The molecule has 4 nitrogen and oxygen atoms in total. The highest BCUT2D eigenvalue weighted by atomic mass is 19.1. The van der Waals surface area contributed by atoms with Crippen molar-refractivity contribution in [2.45, 2.75) is 6.92 Å². The Morgan fingerprint density at radius 2 is 2.40 bits per heavy atom. The van der Waals surface area contributed by atoms with E-state index in [0.717, 1.165) is 6.07 Å². The van der Waals surface area contributed by atoms with Crippen LogP contribution in [0.2, 0.25) is 0 Å². The molecule has 15 heavy (non-hydrogen) atoms. The van der Waals surface area contributed by atoms with Crippen LogP contribution in [0.15, 0.2) is 18.2 Å². The van der Waals surface area contributed by atoms with Gasteiger partial charge < -0.3 is 10.1 Å². The number of ether oxygens (including phenoxy) is 1. The number of anilines is 1. The number of carbonyl (C=O) groups is 1. The smallest absolute Gasteiger partial charge is 0.326 e. The summed E-state index contributed by atoms with van der Waals surface area (Å²) in [6.45, 7) is 2.10. The van der Waals surface area contributed by atoms with Crippen LogP contribution in [-0.4, -0.2) is 12.5 Å². The molecule has 0 saturated heterocycles. The molecule has 0 atom stereocenters. The zero-order valence-electron chi connectivity index (χ0n) is 8.08. The zero-order valence-corrected chi connectivity index (χ0v) is 8.08. The molecule has 0 bridgehead atoms. The molecule has 0 heterocycles. The van der Waals surface area contributed by atoms with E-state index in [0.29, 0.717) is 6.61 Å². The summed E-state index contributed by atoms with van der Waals surface area (Å²) in [5, 5.41) is 10.4. The maximum Gasteiger partial charge on any atom is 0.326 e. The van der Waals surface area contributed by atoms with Crippen molar-refractivity contribution in [2.75, 3.05) is 11.9 Å². The van der Waals surface area contributed by atoms with Gasteiger partial charge in [0.2, 0.25) is 0 Å². The van der Waals surface area contributed by atoms with Gasteiger partial charge in [-0.3, -0.25) is 4.79 Å². The number of halogens is 1. The minimum Gasteiger partial charge on any atom is -0.491 e. The molecule has 0 aliphatic rings. The van der Waals surface area contributed by atoms with Crippen LogP contribution in [-0.2, 0) is 4.79 Å². The van der Waals surface area contributed by atoms with Gasteiger partial charge in [-0.1, -0.05) is 0 Å². The number of nitriles is 1. The lowest BCUT2D eigenvalue weighted by Gasteiger charge is -2.06. The lowest BCUT2D eigenvalue weighted by atomic mass is 10.3. The van der Waals surface area contributed by atoms with E-state index in [4.69, 9.17) is 10.00 Å². The Morgan fingerprint density at radius 1 is 1.67 bits per heavy atom. The van der Waals surface area contributed by atoms with E-state index in [2.05, 4.69) is 5.32 Å². The van der Waals surface area contributed by atoms with Gasteiger partial charge >= 0.3 is 5.91 Å². The molecule has 0 fully saturated rings. The summed E-state index contributed by atoms with van der Waals surface area (Å²) in [5.74, 6) is -1.29. The number of hydrogen-bond acceptors (Lipinski definition) is 3. The van der Waals surface area contributed by atoms with Crippen LogP contribution < -0.4 is 10.1 Å². The first kappa shape index (κ1) is 11.0. The molecule has 1 N–H and O–H groups in total. The minimum atomic E-state index is -0.835. The fourth-order valence-electron chi connectivity index (χ4n) is 1.01. The molecule has 0 spiro atoms. The van der Waals surface area contributed by atoms with Crippen molar-refractivity contribution in [3.8, 4) is 11.8 Å². The molecule has 0 aliphatic carbocycles. The lowest BCUT2D eigenvalue weighted by molar-refractivity contribution is -0.111. The standard InChI is InChI=1S/C10H9FN2O2/c1-2-15-9-4-3-7(5-8(9)11)13-10(14)6-12/h3-5H,2H2,1H3,(H,13,14). The number of carbonyl (C=O) groups excluding carboxylic acids is 1. The van der Waals surface area contributed by atoms with Crippen LogP contribution in [0.5, 0.6) is 5.75 Å². The molecule has 1 aromatic carbocycles. The van der Waals surface area contributed by atoms with Gasteiger partial charge in [-0.25, -0.2) is 4.39 Å². The van der Waals surface area contributed by atoms with Crippen molar-refractivity contribution < 1.29 is 13.9 Å². The van der Waals surface area contributed by atoms with Gasteiger partial charge in [0.15, 0.2) is 17.6 Å². The van der Waals surface area contributed by atoms with Crippen LogP contribution in [0.1, 0.15) is 6.92 Å². The normalized spacial score (nSPS) is 9.13. The highest BCUT2D eigenvalue weighted by Crippen LogP contribution is 2.20. The highest BCUT2D eigenvalue weighted by Gasteiger charge is 2.05. The molecule has 78 valence electrons. The Hall–Kier alpha value is -2.09. The van der Waals surface area contributed by atoms with Crippen LogP contribution in [0, 0.1) is 17.1 Å². The molecule has 1 rings (SSSR count). The third kappa shape index (κ3) is 2.95. The van der Waals surface area contributed by atoms with E-state index >= 15 is 0 Å². The molecular weight excluding hydrogens is 199 g/mol. The van der Waals surface area contributed by atoms with Gasteiger partial charge in [-0.15, -0.1) is 0 Å². The van der Waals surface area contributed by atoms with Gasteiger partial charge in [-0.05, 0) is 19.1 Å². The number of benzene rings is 1. The van der Waals surface area contributed by atoms with Gasteiger partial charge in [0, 0.05) is 11.8 Å². The van der Waals surface area contributed by atoms with E-state index in [-0.39, 0.29) is 11.4 Å². The summed E-state index contributed by atoms with van der Waals surface area (Å²) >= 11 is 0. The first-order chi connectivity index (χ1) is 7.17. The topological polar surface area (TPSA) is 62.1 Å². The number of nitrogens with zero attached hydrogens (tertiary/aromatic N) is 1. The Kier molecular flexibility index (Phi) is 3.63. The molecule has 0 aromatic heterocycles. The first-order valence-corrected chi connectivity index (χ1v) is 4.30. The maximum absolute atomic E-state index is 13.2. The number of amides is 1. The summed E-state index contributed by atoms with van der Waals surface area (Å²) in [6.07, 6.45) is 0. The molecule has 5 heteroatoms. The first-order valence-electron chi connectivity index (χ1n) is 4.30. The average molecular weight is 208 g/mol. The Bertz CT molecular complexity index is 412. The van der Waals surface area contributed by atoms with E-state index < -0.39 is 11.7 Å². The molecule has 1 amide bonds. The molecule has 0 unspecified atom stereocenters. The Labute approximate surface area is 86.3 Å². The lowest BCUT2D eigenvalue weighted by Crippen LogP contribution is -2.08. The molecular formula is C10H9FN2O2. The number of rotatable bonds is 3. The van der Waals surface area contributed by atoms with E-state index in [1.54, 1.807) is 6.92 Å². The van der Waals surface area contributed by atoms with Crippen molar-refractivity contribution in [3.63, 3.8) is 0 Å². The van der Waals surface area contributed by atoms with E-state index in [1.165, 1.54) is 18.2 Å². The second-order valence-corrected chi connectivity index (χ2v) is 2.64. The monoisotopic (exact) mass is 208 g/mol. The van der Waals surface area contributed by atoms with Crippen molar-refractivity contribution in [3.05, 3.63) is 24.0 Å². The summed E-state index contributed by atoms with van der Waals surface area (Å²) < 4.78 is 18.2. The van der Waals surface area contributed by atoms with Gasteiger partial charge in [0.1, 0.15) is 0 Å². The average Bonchev–Trinajstić information content (AvgIpc) is 2.22. The van der Waals surface area contributed by atoms with Crippen LogP contribution in [0.3, 0.4) is 0 Å². The van der Waals surface area contributed by atoms with Crippen molar-refractivity contribution >= 4 is 11.6 Å². The molecule has 0 saturated carbocycles. The molecule has 1 aromatic rings. The predicted molar refractivity (Wildman–Crippen MR) is 51.8 cm³/mol. The van der Waals surface area contributed by atoms with Crippen molar-refractivity contribution in [1.82, 2.24) is 0 Å². The molecule has 0 radical (unpaired) electrons. The summed E-state index contributed by atoms with van der Waals surface area (Å²) in [7, 11) is 0.